The fraction of sp³-hybridized carbons (Fsp3) is 0.429. The number of ether oxygens (including phenoxy) is 2. The van der Waals surface area contributed by atoms with E-state index in [1.165, 1.54) is 0 Å². The van der Waals surface area contributed by atoms with Gasteiger partial charge in [0.15, 0.2) is 6.10 Å². The van der Waals surface area contributed by atoms with E-state index in [9.17, 15) is 24.3 Å². The lowest BCUT2D eigenvalue weighted by molar-refractivity contribution is -0.152. The van der Waals surface area contributed by atoms with E-state index < -0.39 is 48.1 Å². The van der Waals surface area contributed by atoms with Gasteiger partial charge in [-0.05, 0) is 40.7 Å². The summed E-state index contributed by atoms with van der Waals surface area (Å²) in [6, 6.07) is 19.7. The van der Waals surface area contributed by atoms with Crippen molar-refractivity contribution >= 4 is 34.6 Å². The summed E-state index contributed by atoms with van der Waals surface area (Å²) in [5.41, 5.74) is 1.63. The van der Waals surface area contributed by atoms with E-state index >= 15 is 0 Å². The van der Waals surface area contributed by atoms with Crippen LogP contribution in [0.3, 0.4) is 0 Å². The van der Waals surface area contributed by atoms with E-state index in [1.807, 2.05) is 93.6 Å². The summed E-state index contributed by atoms with van der Waals surface area (Å²) in [5.74, 6) is -1.91. The number of rotatable bonds is 16. The maximum Gasteiger partial charge on any atom is 0.408 e. The molecule has 10 nitrogen and oxygen atoms in total. The second-order valence-electron chi connectivity index (χ2n) is 11.5. The number of aliphatic hydroxyl groups is 1. The molecule has 0 radical (unpaired) electrons. The Morgan fingerprint density at radius 3 is 2.18 bits per heavy atom. The van der Waals surface area contributed by atoms with Crippen molar-refractivity contribution in [3.05, 3.63) is 83.9 Å². The van der Waals surface area contributed by atoms with Crippen LogP contribution in [0.5, 0.6) is 0 Å². The SMILES string of the molecule is CCCC[C@H](NC(=O)[C@H](Cc1cccc2ccccc12)NC(=O)OCc1ccccc1)C(=O)N[C@@H](CC(C)C)[C@H](O)C(=O)OC. The maximum absolute atomic E-state index is 13.8. The molecule has 3 amide bonds. The summed E-state index contributed by atoms with van der Waals surface area (Å²) in [5, 5.41) is 20.7. The van der Waals surface area contributed by atoms with Crippen molar-refractivity contribution in [3.8, 4) is 0 Å². The standard InChI is InChI=1S/C35H45N3O7/c1-5-6-19-28(32(40)37-29(20-23(2)3)31(39)34(42)44-4)36-33(41)30(38-35(43)45-22-24-13-8-7-9-14-24)21-26-17-12-16-25-15-10-11-18-27(25)26/h7-18,23,28-31,39H,5-6,19-22H2,1-4H3,(H,36,41)(H,37,40)(H,38,43)/t28-,29-,30-,31-/m0/s1. The Morgan fingerprint density at radius 2 is 1.49 bits per heavy atom. The molecule has 0 fully saturated rings. The zero-order valence-corrected chi connectivity index (χ0v) is 26.5. The number of aliphatic hydroxyl groups excluding tert-OH is 1. The minimum atomic E-state index is -1.57. The van der Waals surface area contributed by atoms with E-state index in [0.29, 0.717) is 19.3 Å². The van der Waals surface area contributed by atoms with Gasteiger partial charge in [-0.1, -0.05) is 106 Å². The number of amides is 3. The van der Waals surface area contributed by atoms with Crippen molar-refractivity contribution in [1.29, 1.82) is 0 Å². The number of hydrogen-bond acceptors (Lipinski definition) is 7. The zero-order chi connectivity index (χ0) is 32.8. The maximum atomic E-state index is 13.8. The number of nitrogens with one attached hydrogen (secondary N) is 3. The number of carbonyl (C=O) groups is 4. The van der Waals surface area contributed by atoms with Gasteiger partial charge in [0.1, 0.15) is 18.7 Å². The molecule has 0 saturated carbocycles. The lowest BCUT2D eigenvalue weighted by Crippen LogP contribution is -2.57. The van der Waals surface area contributed by atoms with E-state index in [1.54, 1.807) is 0 Å². The smallest absolute Gasteiger partial charge is 0.408 e. The normalized spacial score (nSPS) is 13.7. The molecule has 0 aliphatic rings. The summed E-state index contributed by atoms with van der Waals surface area (Å²) in [6.45, 7) is 5.80. The van der Waals surface area contributed by atoms with E-state index in [-0.39, 0.29) is 18.9 Å². The van der Waals surface area contributed by atoms with E-state index in [2.05, 4.69) is 20.7 Å². The van der Waals surface area contributed by atoms with Gasteiger partial charge in [0.25, 0.3) is 0 Å². The fourth-order valence-corrected chi connectivity index (χ4v) is 5.10. The van der Waals surface area contributed by atoms with Crippen LogP contribution in [0.1, 0.15) is 57.6 Å². The number of alkyl carbamates (subject to hydrolysis) is 1. The van der Waals surface area contributed by atoms with Crippen LogP contribution in [-0.2, 0) is 36.9 Å². The van der Waals surface area contributed by atoms with Crippen molar-refractivity contribution in [2.24, 2.45) is 5.92 Å². The van der Waals surface area contributed by atoms with Crippen LogP contribution >= 0.6 is 0 Å². The molecule has 4 atom stereocenters. The first-order chi connectivity index (χ1) is 21.6. The number of fused-ring (bicyclic) bond motifs is 1. The average Bonchev–Trinajstić information content (AvgIpc) is 3.04. The minimum Gasteiger partial charge on any atom is -0.467 e. The van der Waals surface area contributed by atoms with Crippen LogP contribution in [0.15, 0.2) is 72.8 Å². The van der Waals surface area contributed by atoms with Crippen LogP contribution in [0.25, 0.3) is 10.8 Å². The monoisotopic (exact) mass is 619 g/mol. The van der Waals surface area contributed by atoms with Crippen LogP contribution in [0, 0.1) is 5.92 Å². The Balaban J connectivity index is 1.83. The number of carbonyl (C=O) groups excluding carboxylic acids is 4. The van der Waals surface area contributed by atoms with E-state index in [0.717, 1.165) is 35.4 Å². The van der Waals surface area contributed by atoms with Crippen LogP contribution in [0.4, 0.5) is 4.79 Å². The average molecular weight is 620 g/mol. The summed E-state index contributed by atoms with van der Waals surface area (Å²) in [6.07, 6.45) is -0.162. The molecule has 3 aromatic rings. The summed E-state index contributed by atoms with van der Waals surface area (Å²) >= 11 is 0. The molecule has 45 heavy (non-hydrogen) atoms. The topological polar surface area (TPSA) is 143 Å². The largest absolute Gasteiger partial charge is 0.467 e. The third-order valence-corrected chi connectivity index (χ3v) is 7.48. The highest BCUT2D eigenvalue weighted by Gasteiger charge is 2.33. The molecule has 4 N–H and O–H groups in total. The first-order valence-corrected chi connectivity index (χ1v) is 15.4. The highest BCUT2D eigenvalue weighted by atomic mass is 16.5. The Kier molecular flexibility index (Phi) is 13.8. The predicted molar refractivity (Wildman–Crippen MR) is 172 cm³/mol. The number of hydrogen-bond donors (Lipinski definition) is 4. The van der Waals surface area contributed by atoms with Gasteiger partial charge in [-0.25, -0.2) is 9.59 Å². The van der Waals surface area contributed by atoms with Crippen molar-refractivity contribution in [2.75, 3.05) is 7.11 Å². The Morgan fingerprint density at radius 1 is 0.822 bits per heavy atom. The van der Waals surface area contributed by atoms with Crippen LogP contribution in [-0.4, -0.2) is 60.3 Å². The van der Waals surface area contributed by atoms with Gasteiger partial charge < -0.3 is 30.5 Å². The number of benzene rings is 3. The molecule has 0 aromatic heterocycles. The third-order valence-electron chi connectivity index (χ3n) is 7.48. The Hall–Kier alpha value is -4.44. The van der Waals surface area contributed by atoms with Crippen molar-refractivity contribution in [1.82, 2.24) is 16.0 Å². The number of methoxy groups -OCH3 is 1. The molecule has 0 spiro atoms. The minimum absolute atomic E-state index is 0.0244. The number of unbranched alkanes of at least 4 members (excludes halogenated alkanes) is 1. The van der Waals surface area contributed by atoms with Crippen LogP contribution < -0.4 is 16.0 Å². The molecule has 0 bridgehead atoms. The van der Waals surface area contributed by atoms with Crippen molar-refractivity contribution in [3.63, 3.8) is 0 Å². The molecule has 10 heteroatoms. The Bertz CT molecular complexity index is 1410. The lowest BCUT2D eigenvalue weighted by atomic mass is 9.97. The lowest BCUT2D eigenvalue weighted by Gasteiger charge is -2.28. The first-order valence-electron chi connectivity index (χ1n) is 15.4. The number of esters is 1. The molecule has 3 rings (SSSR count). The summed E-state index contributed by atoms with van der Waals surface area (Å²) in [4.78, 5) is 52.4. The highest BCUT2D eigenvalue weighted by Crippen LogP contribution is 2.20. The van der Waals surface area contributed by atoms with Gasteiger partial charge in [0, 0.05) is 6.42 Å². The third kappa shape index (κ3) is 10.9. The quantitative estimate of drug-likeness (QED) is 0.174. The van der Waals surface area contributed by atoms with Gasteiger partial charge >= 0.3 is 12.1 Å². The van der Waals surface area contributed by atoms with Gasteiger partial charge in [0.05, 0.1) is 13.2 Å². The second kappa shape index (κ2) is 17.8. The molecule has 0 unspecified atom stereocenters. The molecule has 0 saturated heterocycles. The van der Waals surface area contributed by atoms with Gasteiger partial charge in [-0.2, -0.15) is 0 Å². The molecule has 0 aliphatic carbocycles. The van der Waals surface area contributed by atoms with Gasteiger partial charge in [-0.15, -0.1) is 0 Å². The van der Waals surface area contributed by atoms with E-state index in [4.69, 9.17) is 4.74 Å². The summed E-state index contributed by atoms with van der Waals surface area (Å²) in [7, 11) is 1.16. The van der Waals surface area contributed by atoms with Crippen molar-refractivity contribution in [2.45, 2.75) is 83.7 Å². The second-order valence-corrected chi connectivity index (χ2v) is 11.5. The molecule has 0 aliphatic heterocycles. The molecular formula is C35H45N3O7. The first kappa shape index (κ1) is 35.0. The zero-order valence-electron chi connectivity index (χ0n) is 26.5. The van der Waals surface area contributed by atoms with Gasteiger partial charge in [-0.3, -0.25) is 9.59 Å². The van der Waals surface area contributed by atoms with Crippen molar-refractivity contribution < 1.29 is 33.8 Å². The molecule has 0 heterocycles. The highest BCUT2D eigenvalue weighted by molar-refractivity contribution is 5.93. The summed E-state index contributed by atoms with van der Waals surface area (Å²) < 4.78 is 10.1. The van der Waals surface area contributed by atoms with Crippen LogP contribution in [0.2, 0.25) is 0 Å². The fourth-order valence-electron chi connectivity index (χ4n) is 5.10. The molecular weight excluding hydrogens is 574 g/mol. The molecule has 242 valence electrons. The molecule has 3 aromatic carbocycles. The van der Waals surface area contributed by atoms with Gasteiger partial charge in [0.2, 0.25) is 11.8 Å². The predicted octanol–water partition coefficient (Wildman–Crippen LogP) is 4.42. The Labute approximate surface area is 264 Å².